The van der Waals surface area contributed by atoms with Gasteiger partial charge in [0.15, 0.2) is 0 Å². The lowest BCUT2D eigenvalue weighted by Crippen LogP contribution is -2.27. The summed E-state index contributed by atoms with van der Waals surface area (Å²) in [5, 5.41) is 13.9. The largest absolute Gasteiger partial charge is 0.481 e. The predicted octanol–water partition coefficient (Wildman–Crippen LogP) is 0.116. The number of amides is 2. The van der Waals surface area contributed by atoms with Crippen LogP contribution in [0.15, 0.2) is 12.2 Å². The molecule has 0 saturated heterocycles. The molecule has 0 bridgehead atoms. The third-order valence-corrected chi connectivity index (χ3v) is 5.58. The van der Waals surface area contributed by atoms with E-state index in [9.17, 15) is 19.2 Å². The number of carboxylic acid groups (broad SMARTS) is 1. The van der Waals surface area contributed by atoms with Gasteiger partial charge in [0.2, 0.25) is 11.8 Å². The van der Waals surface area contributed by atoms with Crippen molar-refractivity contribution < 1.29 is 66.9 Å². The summed E-state index contributed by atoms with van der Waals surface area (Å²) in [4.78, 5) is 44.6. The van der Waals surface area contributed by atoms with Gasteiger partial charge in [0.05, 0.1) is 119 Å². The fourth-order valence-electron chi connectivity index (χ4n) is 3.22. The molecule has 0 aliphatic heterocycles. The van der Waals surface area contributed by atoms with Crippen LogP contribution in [0.2, 0.25) is 0 Å². The standard InChI is InChI=1S/C30H54N2O14/c1-38-30(37)7-6-28(34)31-9-4-2-3-5-27(33)32-10-12-40-14-16-42-18-20-44-22-24-46-26-25-45-23-21-43-19-17-41-15-13-39-11-8-29(35)36/h6-7H,2-5,8-26H2,1H3,(H,31,34)(H,32,33)(H,35,36)/b7-6-. The first-order valence-electron chi connectivity index (χ1n) is 15.6. The van der Waals surface area contributed by atoms with E-state index in [1.54, 1.807) is 0 Å². The number of esters is 1. The molecule has 0 aliphatic rings. The molecule has 0 fully saturated rings. The molecule has 0 spiro atoms. The smallest absolute Gasteiger partial charge is 0.330 e. The van der Waals surface area contributed by atoms with Crippen molar-refractivity contribution in [2.24, 2.45) is 0 Å². The summed E-state index contributed by atoms with van der Waals surface area (Å²) in [7, 11) is 1.24. The number of unbranched alkanes of at least 4 members (excludes halogenated alkanes) is 2. The third-order valence-electron chi connectivity index (χ3n) is 5.58. The molecule has 0 aromatic heterocycles. The highest BCUT2D eigenvalue weighted by Gasteiger charge is 2.02. The second-order valence-corrected chi connectivity index (χ2v) is 9.35. The molecule has 46 heavy (non-hydrogen) atoms. The fraction of sp³-hybridized carbons (Fsp3) is 0.800. The van der Waals surface area contributed by atoms with Crippen LogP contribution < -0.4 is 10.6 Å². The highest BCUT2D eigenvalue weighted by atomic mass is 16.6. The molecular weight excluding hydrogens is 612 g/mol. The Balaban J connectivity index is 3.21. The summed E-state index contributed by atoms with van der Waals surface area (Å²) in [6.07, 6.45) is 4.82. The van der Waals surface area contributed by atoms with Gasteiger partial charge < -0.3 is 58.4 Å². The Morgan fingerprint density at radius 2 is 0.935 bits per heavy atom. The second-order valence-electron chi connectivity index (χ2n) is 9.35. The Morgan fingerprint density at radius 3 is 1.37 bits per heavy atom. The van der Waals surface area contributed by atoms with Crippen LogP contribution in [0.1, 0.15) is 32.1 Å². The fourth-order valence-corrected chi connectivity index (χ4v) is 3.22. The zero-order chi connectivity index (χ0) is 33.8. The topological polar surface area (TPSA) is 196 Å². The van der Waals surface area contributed by atoms with E-state index in [2.05, 4.69) is 15.4 Å². The maximum Gasteiger partial charge on any atom is 0.330 e. The van der Waals surface area contributed by atoms with Gasteiger partial charge in [0.25, 0.3) is 0 Å². The molecule has 2 amide bonds. The molecule has 0 atom stereocenters. The third kappa shape index (κ3) is 35.8. The minimum atomic E-state index is -0.883. The molecule has 0 aromatic carbocycles. The molecule has 0 heterocycles. The second kappa shape index (κ2) is 35.2. The number of rotatable bonds is 35. The maximum absolute atomic E-state index is 11.8. The van der Waals surface area contributed by atoms with Gasteiger partial charge >= 0.3 is 11.9 Å². The average molecular weight is 667 g/mol. The molecule has 0 aromatic rings. The van der Waals surface area contributed by atoms with Gasteiger partial charge in [-0.25, -0.2) is 4.79 Å². The summed E-state index contributed by atoms with van der Waals surface area (Å²) >= 11 is 0. The van der Waals surface area contributed by atoms with Gasteiger partial charge in [-0.2, -0.15) is 0 Å². The number of hydrogen-bond acceptors (Lipinski definition) is 13. The van der Waals surface area contributed by atoms with Gasteiger partial charge in [-0.1, -0.05) is 6.42 Å². The van der Waals surface area contributed by atoms with Gasteiger partial charge in [-0.15, -0.1) is 0 Å². The maximum atomic E-state index is 11.8. The molecule has 0 radical (unpaired) electrons. The minimum absolute atomic E-state index is 0.0117. The van der Waals surface area contributed by atoms with Gasteiger partial charge in [0.1, 0.15) is 0 Å². The average Bonchev–Trinajstić information content (AvgIpc) is 3.04. The summed E-state index contributed by atoms with van der Waals surface area (Å²) < 4.78 is 47.4. The molecule has 0 aliphatic carbocycles. The normalized spacial score (nSPS) is 11.2. The van der Waals surface area contributed by atoms with E-state index >= 15 is 0 Å². The van der Waals surface area contributed by atoms with Gasteiger partial charge in [-0.3, -0.25) is 14.4 Å². The van der Waals surface area contributed by atoms with E-state index in [4.69, 9.17) is 43.0 Å². The number of hydrogen-bond donors (Lipinski definition) is 3. The van der Waals surface area contributed by atoms with Crippen molar-refractivity contribution in [3.63, 3.8) is 0 Å². The van der Waals surface area contributed by atoms with Crippen molar-refractivity contribution in [2.75, 3.05) is 126 Å². The van der Waals surface area contributed by atoms with E-state index in [0.717, 1.165) is 25.0 Å². The van der Waals surface area contributed by atoms with Crippen molar-refractivity contribution in [1.29, 1.82) is 0 Å². The van der Waals surface area contributed by atoms with Gasteiger partial charge in [0, 0.05) is 31.7 Å². The number of ether oxygens (including phenoxy) is 9. The first-order chi connectivity index (χ1) is 22.5. The summed E-state index contributed by atoms with van der Waals surface area (Å²) in [6.45, 7) is 7.61. The van der Waals surface area contributed by atoms with Crippen molar-refractivity contribution in [1.82, 2.24) is 10.6 Å². The van der Waals surface area contributed by atoms with E-state index in [1.807, 2.05) is 0 Å². The molecular formula is C30H54N2O14. The van der Waals surface area contributed by atoms with E-state index in [0.29, 0.717) is 125 Å². The highest BCUT2D eigenvalue weighted by molar-refractivity contribution is 5.94. The number of carbonyl (C=O) groups is 4. The molecule has 16 heteroatoms. The van der Waals surface area contributed by atoms with Crippen LogP contribution in [0.5, 0.6) is 0 Å². The Kier molecular flexibility index (Phi) is 33.1. The van der Waals surface area contributed by atoms with Crippen molar-refractivity contribution in [3.05, 3.63) is 12.2 Å². The van der Waals surface area contributed by atoms with Crippen LogP contribution >= 0.6 is 0 Å². The van der Waals surface area contributed by atoms with Crippen LogP contribution in [-0.2, 0) is 61.8 Å². The zero-order valence-electron chi connectivity index (χ0n) is 27.2. The summed E-state index contributed by atoms with van der Waals surface area (Å²) in [5.41, 5.74) is 0. The Morgan fingerprint density at radius 1 is 0.500 bits per heavy atom. The number of nitrogens with one attached hydrogen (secondary N) is 2. The van der Waals surface area contributed by atoms with Crippen LogP contribution in [0, 0.1) is 0 Å². The van der Waals surface area contributed by atoms with Gasteiger partial charge in [-0.05, 0) is 12.8 Å². The van der Waals surface area contributed by atoms with Crippen LogP contribution in [-0.4, -0.2) is 155 Å². The zero-order valence-corrected chi connectivity index (χ0v) is 27.2. The van der Waals surface area contributed by atoms with Crippen molar-refractivity contribution in [3.8, 4) is 0 Å². The lowest BCUT2D eigenvalue weighted by molar-refractivity contribution is -0.138. The summed E-state index contributed by atoms with van der Waals surface area (Å²) in [6, 6.07) is 0. The highest BCUT2D eigenvalue weighted by Crippen LogP contribution is 1.99. The summed E-state index contributed by atoms with van der Waals surface area (Å²) in [5.74, 6) is -1.87. The SMILES string of the molecule is COC(=O)/C=C\C(=O)NCCCCCC(=O)NCCOCCOCCOCCOCCOCCOCCOCCOCCC(=O)O. The number of carbonyl (C=O) groups excluding carboxylic acids is 3. The Hall–Kier alpha value is -2.70. The quantitative estimate of drug-likeness (QED) is 0.0469. The first kappa shape index (κ1) is 43.3. The lowest BCUT2D eigenvalue weighted by atomic mass is 10.2. The molecule has 0 unspecified atom stereocenters. The van der Waals surface area contributed by atoms with E-state index < -0.39 is 11.9 Å². The first-order valence-corrected chi connectivity index (χ1v) is 15.6. The minimum Gasteiger partial charge on any atom is -0.481 e. The number of carboxylic acids is 1. The molecule has 0 saturated carbocycles. The van der Waals surface area contributed by atoms with Crippen LogP contribution in [0.25, 0.3) is 0 Å². The predicted molar refractivity (Wildman–Crippen MR) is 164 cm³/mol. The molecule has 268 valence electrons. The lowest BCUT2D eigenvalue weighted by Gasteiger charge is -2.09. The van der Waals surface area contributed by atoms with Crippen LogP contribution in [0.3, 0.4) is 0 Å². The molecule has 0 rings (SSSR count). The van der Waals surface area contributed by atoms with Crippen molar-refractivity contribution in [2.45, 2.75) is 32.1 Å². The molecule has 3 N–H and O–H groups in total. The monoisotopic (exact) mass is 666 g/mol. The Bertz CT molecular complexity index is 785. The number of methoxy groups -OCH3 is 1. The van der Waals surface area contributed by atoms with Crippen molar-refractivity contribution >= 4 is 23.8 Å². The van der Waals surface area contributed by atoms with E-state index in [-0.39, 0.29) is 24.8 Å². The molecule has 16 nitrogen and oxygen atoms in total. The number of aliphatic carboxylic acids is 1. The van der Waals surface area contributed by atoms with Crippen LogP contribution in [0.4, 0.5) is 0 Å². The Labute approximate surface area is 271 Å². The van der Waals surface area contributed by atoms with E-state index in [1.165, 1.54) is 7.11 Å².